The van der Waals surface area contributed by atoms with Crippen LogP contribution in [-0.2, 0) is 20.9 Å². The molecule has 8 nitrogen and oxygen atoms in total. The maximum Gasteiger partial charge on any atom is 0.295 e. The van der Waals surface area contributed by atoms with E-state index in [1.807, 2.05) is 31.2 Å². The number of ether oxygens (including phenoxy) is 3. The van der Waals surface area contributed by atoms with Crippen LogP contribution in [0, 0.1) is 6.92 Å². The highest BCUT2D eigenvalue weighted by Gasteiger charge is 2.46. The number of hydrogen-bond acceptors (Lipinski definition) is 7. The molecule has 1 saturated heterocycles. The van der Waals surface area contributed by atoms with Crippen molar-refractivity contribution in [2.24, 2.45) is 0 Å². The minimum atomic E-state index is -0.887. The van der Waals surface area contributed by atoms with Gasteiger partial charge in [-0.25, -0.2) is 0 Å². The number of hydrogen-bond donors (Lipinski definition) is 2. The quantitative estimate of drug-likeness (QED) is 0.227. The summed E-state index contributed by atoms with van der Waals surface area (Å²) < 4.78 is 16.5. The second-order valence-electron chi connectivity index (χ2n) is 8.95. The minimum absolute atomic E-state index is 0.0485. The van der Waals surface area contributed by atoms with Gasteiger partial charge in [-0.3, -0.25) is 9.59 Å². The van der Waals surface area contributed by atoms with Gasteiger partial charge in [0.15, 0.2) is 11.5 Å². The summed E-state index contributed by atoms with van der Waals surface area (Å²) in [4.78, 5) is 27.5. The van der Waals surface area contributed by atoms with E-state index in [2.05, 4.69) is 0 Å². The number of Topliss-reactive ketones (excluding diaryl/α,β-unsaturated/α-hetero) is 1. The molecule has 0 radical (unpaired) electrons. The van der Waals surface area contributed by atoms with Crippen molar-refractivity contribution in [1.29, 1.82) is 0 Å². The first-order valence-electron chi connectivity index (χ1n) is 12.4. The van der Waals surface area contributed by atoms with Gasteiger partial charge in [0.25, 0.3) is 11.7 Å². The number of aliphatic hydroxyl groups is 1. The van der Waals surface area contributed by atoms with Gasteiger partial charge in [-0.05, 0) is 61.4 Å². The summed E-state index contributed by atoms with van der Waals surface area (Å²) in [6, 6.07) is 18.4. The van der Waals surface area contributed by atoms with Gasteiger partial charge in [0.2, 0.25) is 0 Å². The first kappa shape index (κ1) is 26.8. The number of carbonyl (C=O) groups excluding carboxylic acids is 2. The number of likely N-dealkylation sites (tertiary alicyclic amines) is 1. The van der Waals surface area contributed by atoms with E-state index >= 15 is 0 Å². The van der Waals surface area contributed by atoms with Crippen LogP contribution in [0.15, 0.2) is 72.3 Å². The van der Waals surface area contributed by atoms with Crippen molar-refractivity contribution in [3.05, 3.63) is 94.6 Å². The fourth-order valence-corrected chi connectivity index (χ4v) is 4.45. The molecule has 1 aliphatic rings. The summed E-state index contributed by atoms with van der Waals surface area (Å²) in [5.74, 6) is -1.08. The fourth-order valence-electron chi connectivity index (χ4n) is 4.45. The molecule has 1 fully saturated rings. The summed E-state index contributed by atoms with van der Waals surface area (Å²) in [6.45, 7) is 4.85. The van der Waals surface area contributed by atoms with Gasteiger partial charge >= 0.3 is 0 Å². The molecule has 2 N–H and O–H groups in total. The van der Waals surface area contributed by atoms with E-state index in [9.17, 15) is 19.8 Å². The number of aliphatic hydroxyl groups excluding tert-OH is 1. The molecule has 0 saturated carbocycles. The Morgan fingerprint density at radius 1 is 1.00 bits per heavy atom. The first-order chi connectivity index (χ1) is 18.3. The Bertz CT molecular complexity index is 1350. The lowest BCUT2D eigenvalue weighted by Crippen LogP contribution is -2.32. The average molecular weight is 518 g/mol. The molecule has 1 amide bonds. The standard InChI is InChI=1S/C30H31NO7/c1-4-37-25-17-22(10-13-24(25)32)27-26(29(34)30(35)31(27)14-15-36-3)28(33)21-8-11-23(12-9-21)38-18-20-7-5-6-19(2)16-20/h5-13,16-17,27,32-33H,4,14-15,18H2,1-3H3/b28-26+. The number of ketones is 1. The van der Waals surface area contributed by atoms with Crippen molar-refractivity contribution < 1.29 is 34.0 Å². The molecular formula is C30H31NO7. The van der Waals surface area contributed by atoms with E-state index in [1.54, 1.807) is 43.3 Å². The second kappa shape index (κ2) is 11.8. The van der Waals surface area contributed by atoms with Crippen molar-refractivity contribution >= 4 is 17.4 Å². The number of carbonyl (C=O) groups is 2. The molecule has 0 aliphatic carbocycles. The molecule has 8 heteroatoms. The highest BCUT2D eigenvalue weighted by atomic mass is 16.5. The van der Waals surface area contributed by atoms with Crippen molar-refractivity contribution in [2.45, 2.75) is 26.5 Å². The van der Waals surface area contributed by atoms with E-state index in [4.69, 9.17) is 14.2 Å². The number of nitrogens with zero attached hydrogens (tertiary/aromatic N) is 1. The third-order valence-electron chi connectivity index (χ3n) is 6.29. The Kier molecular flexibility index (Phi) is 8.33. The predicted molar refractivity (Wildman–Crippen MR) is 142 cm³/mol. The van der Waals surface area contributed by atoms with E-state index in [0.717, 1.165) is 11.1 Å². The Hall–Kier alpha value is -4.30. The van der Waals surface area contributed by atoms with Gasteiger partial charge in [-0.1, -0.05) is 35.9 Å². The largest absolute Gasteiger partial charge is 0.507 e. The number of amides is 1. The molecule has 1 unspecified atom stereocenters. The Morgan fingerprint density at radius 2 is 1.76 bits per heavy atom. The van der Waals surface area contributed by atoms with E-state index in [0.29, 0.717) is 30.1 Å². The Balaban J connectivity index is 1.67. The molecule has 3 aromatic rings. The lowest BCUT2D eigenvalue weighted by molar-refractivity contribution is -0.140. The molecule has 1 aliphatic heterocycles. The van der Waals surface area contributed by atoms with E-state index in [-0.39, 0.29) is 36.0 Å². The summed E-state index contributed by atoms with van der Waals surface area (Å²) in [5.41, 5.74) is 3.01. The Labute approximate surface area is 221 Å². The molecule has 0 spiro atoms. The summed E-state index contributed by atoms with van der Waals surface area (Å²) in [6.07, 6.45) is 0. The number of aryl methyl sites for hydroxylation is 1. The van der Waals surface area contributed by atoms with Crippen LogP contribution in [0.25, 0.3) is 5.76 Å². The minimum Gasteiger partial charge on any atom is -0.507 e. The normalized spacial score (nSPS) is 16.6. The molecule has 0 bridgehead atoms. The number of phenols is 1. The van der Waals surface area contributed by atoms with Crippen LogP contribution in [0.1, 0.15) is 35.2 Å². The molecule has 1 heterocycles. The Morgan fingerprint density at radius 3 is 2.45 bits per heavy atom. The van der Waals surface area contributed by atoms with Gasteiger partial charge in [0.05, 0.1) is 24.8 Å². The number of aromatic hydroxyl groups is 1. The highest BCUT2D eigenvalue weighted by Crippen LogP contribution is 2.41. The lowest BCUT2D eigenvalue weighted by Gasteiger charge is -2.25. The zero-order valence-electron chi connectivity index (χ0n) is 21.6. The topological polar surface area (TPSA) is 106 Å². The SMILES string of the molecule is CCOc1cc(C2/C(=C(\O)c3ccc(OCc4cccc(C)c4)cc3)C(=O)C(=O)N2CCOC)ccc1O. The van der Waals surface area contributed by atoms with Crippen molar-refractivity contribution in [2.75, 3.05) is 26.9 Å². The summed E-state index contributed by atoms with van der Waals surface area (Å²) in [5, 5.41) is 21.4. The van der Waals surface area contributed by atoms with Crippen LogP contribution in [0.3, 0.4) is 0 Å². The molecule has 0 aromatic heterocycles. The lowest BCUT2D eigenvalue weighted by atomic mass is 9.95. The summed E-state index contributed by atoms with van der Waals surface area (Å²) in [7, 11) is 1.50. The maximum absolute atomic E-state index is 13.2. The van der Waals surface area contributed by atoms with Crippen molar-refractivity contribution in [1.82, 2.24) is 4.90 Å². The van der Waals surface area contributed by atoms with Crippen LogP contribution >= 0.6 is 0 Å². The molecule has 1 atom stereocenters. The van der Waals surface area contributed by atoms with E-state index < -0.39 is 17.7 Å². The number of phenolic OH excluding ortho intramolecular Hbond substituents is 1. The third kappa shape index (κ3) is 5.65. The van der Waals surface area contributed by atoms with Crippen LogP contribution in [0.2, 0.25) is 0 Å². The molecule has 38 heavy (non-hydrogen) atoms. The molecular weight excluding hydrogens is 486 g/mol. The third-order valence-corrected chi connectivity index (χ3v) is 6.29. The molecule has 4 rings (SSSR count). The number of rotatable bonds is 10. The van der Waals surface area contributed by atoms with Crippen LogP contribution < -0.4 is 9.47 Å². The van der Waals surface area contributed by atoms with Crippen LogP contribution in [-0.4, -0.2) is 53.7 Å². The average Bonchev–Trinajstić information content (AvgIpc) is 3.17. The van der Waals surface area contributed by atoms with Crippen LogP contribution in [0.5, 0.6) is 17.2 Å². The fraction of sp³-hybridized carbons (Fsp3) is 0.267. The maximum atomic E-state index is 13.2. The zero-order chi connectivity index (χ0) is 27.2. The highest BCUT2D eigenvalue weighted by molar-refractivity contribution is 6.46. The molecule has 198 valence electrons. The van der Waals surface area contributed by atoms with Gasteiger partial charge in [-0.15, -0.1) is 0 Å². The van der Waals surface area contributed by atoms with E-state index in [1.165, 1.54) is 18.1 Å². The van der Waals surface area contributed by atoms with Crippen LogP contribution in [0.4, 0.5) is 0 Å². The summed E-state index contributed by atoms with van der Waals surface area (Å²) >= 11 is 0. The van der Waals surface area contributed by atoms with Gasteiger partial charge in [0, 0.05) is 19.2 Å². The monoisotopic (exact) mass is 517 g/mol. The molecule has 3 aromatic carbocycles. The van der Waals surface area contributed by atoms with Gasteiger partial charge in [0.1, 0.15) is 18.1 Å². The smallest absolute Gasteiger partial charge is 0.295 e. The number of benzene rings is 3. The van der Waals surface area contributed by atoms with Crippen molar-refractivity contribution in [3.63, 3.8) is 0 Å². The second-order valence-corrected chi connectivity index (χ2v) is 8.95. The van der Waals surface area contributed by atoms with Gasteiger partial charge < -0.3 is 29.3 Å². The van der Waals surface area contributed by atoms with Gasteiger partial charge in [-0.2, -0.15) is 0 Å². The van der Waals surface area contributed by atoms with Crippen molar-refractivity contribution in [3.8, 4) is 17.2 Å². The first-order valence-corrected chi connectivity index (χ1v) is 12.4. The zero-order valence-corrected chi connectivity index (χ0v) is 21.6. The predicted octanol–water partition coefficient (Wildman–Crippen LogP) is 4.75. The number of methoxy groups -OCH3 is 1.